The van der Waals surface area contributed by atoms with Crippen molar-refractivity contribution in [1.82, 2.24) is 0 Å². The number of benzene rings is 2. The van der Waals surface area contributed by atoms with Crippen molar-refractivity contribution in [2.24, 2.45) is 0 Å². The maximum Gasteiger partial charge on any atom is 0.234 e. The summed E-state index contributed by atoms with van der Waals surface area (Å²) >= 11 is 4.64. The number of anilines is 2. The van der Waals surface area contributed by atoms with Crippen molar-refractivity contribution in [3.05, 3.63) is 58.1 Å². The van der Waals surface area contributed by atoms with Crippen LogP contribution in [0, 0.1) is 13.8 Å². The van der Waals surface area contributed by atoms with Crippen LogP contribution in [0.4, 0.5) is 11.4 Å². The highest BCUT2D eigenvalue weighted by molar-refractivity contribution is 9.10. The smallest absolute Gasteiger partial charge is 0.234 e. The van der Waals surface area contributed by atoms with Gasteiger partial charge in [-0.15, -0.1) is 11.8 Å². The number of carbonyl (C=O) groups is 2. The summed E-state index contributed by atoms with van der Waals surface area (Å²) in [5.74, 6) is 0.224. The first kappa shape index (κ1) is 18.5. The molecule has 2 rings (SSSR count). The molecule has 6 heteroatoms. The predicted octanol–water partition coefficient (Wildman–Crippen LogP) is 4.38. The molecule has 2 N–H and O–H groups in total. The Hall–Kier alpha value is -1.79. The quantitative estimate of drug-likeness (QED) is 0.748. The Morgan fingerprint density at radius 1 is 0.917 bits per heavy atom. The molecule has 2 amide bonds. The molecule has 4 nitrogen and oxygen atoms in total. The van der Waals surface area contributed by atoms with Gasteiger partial charge in [0, 0.05) is 15.8 Å². The highest BCUT2D eigenvalue weighted by atomic mass is 79.9. The maximum absolute atomic E-state index is 11.9. The molecule has 0 radical (unpaired) electrons. The molecule has 2 aromatic rings. The van der Waals surface area contributed by atoms with Gasteiger partial charge in [-0.3, -0.25) is 9.59 Å². The summed E-state index contributed by atoms with van der Waals surface area (Å²) in [6.07, 6.45) is 0. The Labute approximate surface area is 154 Å². The van der Waals surface area contributed by atoms with Crippen LogP contribution in [-0.2, 0) is 9.59 Å². The molecule has 0 heterocycles. The molecule has 0 spiro atoms. The second-order valence-corrected chi connectivity index (χ2v) is 7.30. The minimum absolute atomic E-state index is 0.112. The number of thioether (sulfide) groups is 1. The molecule has 24 heavy (non-hydrogen) atoms. The summed E-state index contributed by atoms with van der Waals surface area (Å²) in [6.45, 7) is 4.03. The number of amides is 2. The van der Waals surface area contributed by atoms with Gasteiger partial charge in [-0.05, 0) is 55.3 Å². The fourth-order valence-corrected chi connectivity index (χ4v) is 3.03. The fraction of sp³-hybridized carbons (Fsp3) is 0.222. The van der Waals surface area contributed by atoms with E-state index in [0.29, 0.717) is 0 Å². The summed E-state index contributed by atoms with van der Waals surface area (Å²) < 4.78 is 0.903. The second kappa shape index (κ2) is 8.89. The van der Waals surface area contributed by atoms with Crippen molar-refractivity contribution in [1.29, 1.82) is 0 Å². The number of carbonyl (C=O) groups excluding carboxylic acids is 2. The van der Waals surface area contributed by atoms with E-state index in [1.54, 1.807) is 0 Å². The minimum Gasteiger partial charge on any atom is -0.325 e. The lowest BCUT2D eigenvalue weighted by Crippen LogP contribution is -2.18. The largest absolute Gasteiger partial charge is 0.325 e. The van der Waals surface area contributed by atoms with E-state index in [1.165, 1.54) is 17.3 Å². The Balaban J connectivity index is 1.73. The van der Waals surface area contributed by atoms with Crippen LogP contribution in [0.5, 0.6) is 0 Å². The molecule has 0 unspecified atom stereocenters. The van der Waals surface area contributed by atoms with Gasteiger partial charge in [0.15, 0.2) is 0 Å². The highest BCUT2D eigenvalue weighted by Gasteiger charge is 2.07. The van der Waals surface area contributed by atoms with Gasteiger partial charge >= 0.3 is 0 Å². The lowest BCUT2D eigenvalue weighted by atomic mass is 10.1. The van der Waals surface area contributed by atoms with E-state index in [4.69, 9.17) is 0 Å². The standard InChI is InChI=1S/C18H19BrN2O2S/c1-12-6-7-16(8-13(12)2)21-18(23)11-24-10-17(22)20-15-5-3-4-14(19)9-15/h3-9H,10-11H2,1-2H3,(H,20,22)(H,21,23). The Bertz CT molecular complexity index is 750. The van der Waals surface area contributed by atoms with Crippen LogP contribution in [0.1, 0.15) is 11.1 Å². The van der Waals surface area contributed by atoms with Crippen LogP contribution < -0.4 is 10.6 Å². The highest BCUT2D eigenvalue weighted by Crippen LogP contribution is 2.16. The zero-order valence-electron chi connectivity index (χ0n) is 13.6. The molecule has 0 saturated heterocycles. The molecule has 0 fully saturated rings. The third-order valence-corrected chi connectivity index (χ3v) is 4.79. The average molecular weight is 407 g/mol. The Kier molecular flexibility index (Phi) is 6.87. The molecule has 126 valence electrons. The molecule has 0 atom stereocenters. The zero-order valence-corrected chi connectivity index (χ0v) is 16.0. The average Bonchev–Trinajstić information content (AvgIpc) is 2.51. The molecule has 2 aromatic carbocycles. The molecular formula is C18H19BrN2O2S. The number of rotatable bonds is 6. The Morgan fingerprint density at radius 3 is 2.12 bits per heavy atom. The van der Waals surface area contributed by atoms with Gasteiger partial charge < -0.3 is 10.6 Å². The number of halogens is 1. The summed E-state index contributed by atoms with van der Waals surface area (Å²) in [4.78, 5) is 23.8. The first-order valence-electron chi connectivity index (χ1n) is 7.44. The van der Waals surface area contributed by atoms with Crippen LogP contribution in [-0.4, -0.2) is 23.3 Å². The lowest BCUT2D eigenvalue weighted by Gasteiger charge is -2.08. The number of aryl methyl sites for hydroxylation is 2. The van der Waals surface area contributed by atoms with Crippen molar-refractivity contribution in [3.8, 4) is 0 Å². The molecule has 0 aromatic heterocycles. The van der Waals surface area contributed by atoms with Crippen LogP contribution >= 0.6 is 27.7 Å². The normalized spacial score (nSPS) is 10.3. The summed E-state index contributed by atoms with van der Waals surface area (Å²) in [5.41, 5.74) is 3.83. The van der Waals surface area contributed by atoms with E-state index < -0.39 is 0 Å². The molecule has 0 saturated carbocycles. The van der Waals surface area contributed by atoms with Gasteiger partial charge in [-0.25, -0.2) is 0 Å². The topological polar surface area (TPSA) is 58.2 Å². The number of hydrogen-bond acceptors (Lipinski definition) is 3. The van der Waals surface area contributed by atoms with Gasteiger partial charge in [0.1, 0.15) is 0 Å². The third-order valence-electron chi connectivity index (χ3n) is 3.37. The van der Waals surface area contributed by atoms with Gasteiger partial charge in [-0.1, -0.05) is 28.1 Å². The maximum atomic E-state index is 11.9. The molecular weight excluding hydrogens is 388 g/mol. The number of hydrogen-bond donors (Lipinski definition) is 2. The first-order valence-corrected chi connectivity index (χ1v) is 9.39. The second-order valence-electron chi connectivity index (χ2n) is 5.40. The van der Waals surface area contributed by atoms with Crippen molar-refractivity contribution in [2.75, 3.05) is 22.1 Å². The molecule has 0 aliphatic carbocycles. The minimum atomic E-state index is -0.128. The van der Waals surface area contributed by atoms with Crippen LogP contribution in [0.2, 0.25) is 0 Å². The van der Waals surface area contributed by atoms with Crippen LogP contribution in [0.3, 0.4) is 0 Å². The molecule has 0 aliphatic rings. The van der Waals surface area contributed by atoms with E-state index in [9.17, 15) is 9.59 Å². The van der Waals surface area contributed by atoms with Gasteiger partial charge in [0.05, 0.1) is 11.5 Å². The monoisotopic (exact) mass is 406 g/mol. The van der Waals surface area contributed by atoms with E-state index >= 15 is 0 Å². The summed E-state index contributed by atoms with van der Waals surface area (Å²) in [6, 6.07) is 13.2. The van der Waals surface area contributed by atoms with E-state index in [2.05, 4.69) is 26.6 Å². The molecule has 0 bridgehead atoms. The van der Waals surface area contributed by atoms with Gasteiger partial charge in [0.2, 0.25) is 11.8 Å². The Morgan fingerprint density at radius 2 is 1.54 bits per heavy atom. The molecule has 0 aliphatic heterocycles. The van der Waals surface area contributed by atoms with Crippen LogP contribution in [0.15, 0.2) is 46.9 Å². The summed E-state index contributed by atoms with van der Waals surface area (Å²) in [5, 5.41) is 5.64. The SMILES string of the molecule is Cc1ccc(NC(=O)CSCC(=O)Nc2cccc(Br)c2)cc1C. The zero-order chi connectivity index (χ0) is 17.5. The van der Waals surface area contributed by atoms with Crippen molar-refractivity contribution in [3.63, 3.8) is 0 Å². The van der Waals surface area contributed by atoms with Gasteiger partial charge in [0.25, 0.3) is 0 Å². The third kappa shape index (κ3) is 6.02. The van der Waals surface area contributed by atoms with Gasteiger partial charge in [-0.2, -0.15) is 0 Å². The van der Waals surface area contributed by atoms with Crippen molar-refractivity contribution in [2.45, 2.75) is 13.8 Å². The summed E-state index contributed by atoms with van der Waals surface area (Å²) in [7, 11) is 0. The van der Waals surface area contributed by atoms with Crippen LogP contribution in [0.25, 0.3) is 0 Å². The van der Waals surface area contributed by atoms with E-state index in [1.807, 2.05) is 56.3 Å². The number of nitrogens with one attached hydrogen (secondary N) is 2. The fourth-order valence-electron chi connectivity index (χ4n) is 2.02. The van der Waals surface area contributed by atoms with E-state index in [-0.39, 0.29) is 23.3 Å². The van der Waals surface area contributed by atoms with Crippen molar-refractivity contribution < 1.29 is 9.59 Å². The van der Waals surface area contributed by atoms with Crippen molar-refractivity contribution >= 4 is 50.9 Å². The predicted molar refractivity (Wildman–Crippen MR) is 105 cm³/mol. The first-order chi connectivity index (χ1) is 11.4. The van der Waals surface area contributed by atoms with E-state index in [0.717, 1.165) is 21.4 Å². The lowest BCUT2D eigenvalue weighted by molar-refractivity contribution is -0.114.